The molecule has 0 aliphatic carbocycles. The molecule has 1 unspecified atom stereocenters. The zero-order valence-corrected chi connectivity index (χ0v) is 15.0. The summed E-state index contributed by atoms with van der Waals surface area (Å²) in [5, 5.41) is 19.0. The Kier molecular flexibility index (Phi) is 6.05. The summed E-state index contributed by atoms with van der Waals surface area (Å²) in [6, 6.07) is 14.7. The lowest BCUT2D eigenvalue weighted by Crippen LogP contribution is -2.53. The molecule has 1 fully saturated rings. The van der Waals surface area contributed by atoms with E-state index in [1.165, 1.54) is 12.7 Å². The van der Waals surface area contributed by atoms with Gasteiger partial charge in [0.15, 0.2) is 0 Å². The van der Waals surface area contributed by atoms with Crippen molar-refractivity contribution in [2.24, 2.45) is 0 Å². The average molecular weight is 352 g/mol. The Morgan fingerprint density at radius 1 is 1.27 bits per heavy atom. The van der Waals surface area contributed by atoms with Crippen LogP contribution in [0.15, 0.2) is 42.6 Å². The maximum absolute atomic E-state index is 9.53. The highest BCUT2D eigenvalue weighted by molar-refractivity contribution is 5.63. The molecular formula is C20H24N4O2. The number of hydrogen-bond acceptors (Lipinski definition) is 6. The van der Waals surface area contributed by atoms with Crippen LogP contribution in [0.1, 0.15) is 17.5 Å². The second-order valence-corrected chi connectivity index (χ2v) is 6.39. The van der Waals surface area contributed by atoms with Gasteiger partial charge in [-0.3, -0.25) is 4.90 Å². The van der Waals surface area contributed by atoms with Gasteiger partial charge in [-0.25, -0.2) is 4.98 Å². The number of hydrogen-bond donors (Lipinski definition) is 1. The fourth-order valence-corrected chi connectivity index (χ4v) is 3.52. The highest BCUT2D eigenvalue weighted by Gasteiger charge is 2.28. The SMILES string of the molecule is COc1nccc(N2CCN(Cc3ccccc3)C(CCO)C2)c1C#N. The van der Waals surface area contributed by atoms with E-state index in [4.69, 9.17) is 4.74 Å². The van der Waals surface area contributed by atoms with Crippen molar-refractivity contribution in [3.63, 3.8) is 0 Å². The Labute approximate surface area is 154 Å². The molecule has 1 saturated heterocycles. The van der Waals surface area contributed by atoms with Gasteiger partial charge in [0.1, 0.15) is 11.6 Å². The number of ether oxygens (including phenoxy) is 1. The summed E-state index contributed by atoms with van der Waals surface area (Å²) in [4.78, 5) is 8.74. The Bertz CT molecular complexity index is 760. The van der Waals surface area contributed by atoms with Gasteiger partial charge in [0, 0.05) is 45.0 Å². The van der Waals surface area contributed by atoms with Crippen molar-refractivity contribution in [1.29, 1.82) is 5.26 Å². The molecule has 6 heteroatoms. The summed E-state index contributed by atoms with van der Waals surface area (Å²) < 4.78 is 5.23. The van der Waals surface area contributed by atoms with Crippen LogP contribution >= 0.6 is 0 Å². The molecule has 1 aliphatic rings. The molecule has 0 bridgehead atoms. The van der Waals surface area contributed by atoms with E-state index in [2.05, 4.69) is 45.1 Å². The first kappa shape index (κ1) is 18.2. The van der Waals surface area contributed by atoms with Crippen LogP contribution in [0.2, 0.25) is 0 Å². The largest absolute Gasteiger partial charge is 0.480 e. The topological polar surface area (TPSA) is 72.6 Å². The molecule has 0 amide bonds. The third-order valence-electron chi connectivity index (χ3n) is 4.84. The van der Waals surface area contributed by atoms with Crippen LogP contribution in [0, 0.1) is 11.3 Å². The summed E-state index contributed by atoms with van der Waals surface area (Å²) in [5.41, 5.74) is 2.59. The van der Waals surface area contributed by atoms with Gasteiger partial charge in [0.25, 0.3) is 0 Å². The highest BCUT2D eigenvalue weighted by Crippen LogP contribution is 2.29. The molecule has 1 N–H and O–H groups in total. The quantitative estimate of drug-likeness (QED) is 0.858. The van der Waals surface area contributed by atoms with Crippen LogP contribution in [0.4, 0.5) is 5.69 Å². The van der Waals surface area contributed by atoms with Gasteiger partial charge in [0.2, 0.25) is 5.88 Å². The van der Waals surface area contributed by atoms with Crippen LogP contribution in [-0.4, -0.2) is 54.4 Å². The number of aliphatic hydroxyl groups is 1. The molecule has 0 radical (unpaired) electrons. The van der Waals surface area contributed by atoms with Crippen LogP contribution in [-0.2, 0) is 6.54 Å². The van der Waals surface area contributed by atoms with E-state index >= 15 is 0 Å². The standard InChI is InChI=1S/C20H24N4O2/c1-26-20-18(13-21)19(7-9-22-20)24-11-10-23(17(15-24)8-12-25)14-16-5-3-2-4-6-16/h2-7,9,17,25H,8,10-12,14-15H2,1H3. The molecule has 2 heterocycles. The molecule has 26 heavy (non-hydrogen) atoms. The maximum atomic E-state index is 9.53. The van der Waals surface area contributed by atoms with E-state index in [1.54, 1.807) is 6.20 Å². The molecule has 1 atom stereocenters. The number of methoxy groups -OCH3 is 1. The molecule has 3 rings (SSSR count). The smallest absolute Gasteiger partial charge is 0.233 e. The normalized spacial score (nSPS) is 17.7. The fourth-order valence-electron chi connectivity index (χ4n) is 3.52. The van der Waals surface area contributed by atoms with Crippen LogP contribution in [0.5, 0.6) is 5.88 Å². The lowest BCUT2D eigenvalue weighted by Gasteiger charge is -2.42. The lowest BCUT2D eigenvalue weighted by molar-refractivity contribution is 0.135. The number of pyridine rings is 1. The van der Waals surface area contributed by atoms with Crippen molar-refractivity contribution >= 4 is 5.69 Å². The van der Waals surface area contributed by atoms with Crippen molar-refractivity contribution < 1.29 is 9.84 Å². The monoisotopic (exact) mass is 352 g/mol. The third-order valence-corrected chi connectivity index (χ3v) is 4.84. The van der Waals surface area contributed by atoms with Gasteiger partial charge >= 0.3 is 0 Å². The molecule has 1 aromatic carbocycles. The van der Waals surface area contributed by atoms with Gasteiger partial charge in [-0.1, -0.05) is 30.3 Å². The summed E-state index contributed by atoms with van der Waals surface area (Å²) in [6.07, 6.45) is 2.37. The number of nitriles is 1. The number of benzene rings is 1. The van der Waals surface area contributed by atoms with E-state index in [-0.39, 0.29) is 12.6 Å². The van der Waals surface area contributed by atoms with Gasteiger partial charge in [0.05, 0.1) is 12.8 Å². The van der Waals surface area contributed by atoms with E-state index in [0.717, 1.165) is 31.9 Å². The summed E-state index contributed by atoms with van der Waals surface area (Å²) >= 11 is 0. The molecule has 136 valence electrons. The van der Waals surface area contributed by atoms with Gasteiger partial charge in [-0.15, -0.1) is 0 Å². The second-order valence-electron chi connectivity index (χ2n) is 6.39. The van der Waals surface area contributed by atoms with E-state index in [9.17, 15) is 10.4 Å². The number of nitrogens with zero attached hydrogens (tertiary/aromatic N) is 4. The van der Waals surface area contributed by atoms with Crippen LogP contribution in [0.25, 0.3) is 0 Å². The highest BCUT2D eigenvalue weighted by atomic mass is 16.5. The molecule has 1 aromatic heterocycles. The minimum atomic E-state index is 0.147. The first-order valence-corrected chi connectivity index (χ1v) is 8.83. The summed E-state index contributed by atoms with van der Waals surface area (Å²) in [7, 11) is 1.53. The number of aromatic nitrogens is 1. The maximum Gasteiger partial charge on any atom is 0.233 e. The van der Waals surface area contributed by atoms with E-state index in [1.807, 2.05) is 12.1 Å². The Morgan fingerprint density at radius 3 is 2.77 bits per heavy atom. The van der Waals surface area contributed by atoms with Gasteiger partial charge in [-0.05, 0) is 18.1 Å². The van der Waals surface area contributed by atoms with E-state index < -0.39 is 0 Å². The number of rotatable bonds is 6. The third kappa shape index (κ3) is 3.96. The summed E-state index contributed by atoms with van der Waals surface area (Å²) in [5.74, 6) is 0.357. The van der Waals surface area contributed by atoms with Crippen molar-refractivity contribution in [2.75, 3.05) is 38.3 Å². The average Bonchev–Trinajstić information content (AvgIpc) is 2.69. The van der Waals surface area contributed by atoms with Gasteiger partial charge < -0.3 is 14.7 Å². The van der Waals surface area contributed by atoms with Crippen molar-refractivity contribution in [2.45, 2.75) is 19.0 Å². The van der Waals surface area contributed by atoms with E-state index in [0.29, 0.717) is 17.9 Å². The van der Waals surface area contributed by atoms with Crippen molar-refractivity contribution in [1.82, 2.24) is 9.88 Å². The predicted molar refractivity (Wildman–Crippen MR) is 100 cm³/mol. The molecular weight excluding hydrogens is 328 g/mol. The molecule has 0 saturated carbocycles. The Morgan fingerprint density at radius 2 is 2.08 bits per heavy atom. The predicted octanol–water partition coefficient (Wildman–Crippen LogP) is 2.04. The number of aliphatic hydroxyl groups excluding tert-OH is 1. The Hall–Kier alpha value is -2.62. The number of piperazine rings is 1. The van der Waals surface area contributed by atoms with Crippen LogP contribution < -0.4 is 9.64 Å². The molecule has 1 aliphatic heterocycles. The minimum absolute atomic E-state index is 0.147. The Balaban J connectivity index is 1.79. The zero-order chi connectivity index (χ0) is 18.4. The first-order valence-electron chi connectivity index (χ1n) is 8.83. The van der Waals surface area contributed by atoms with Crippen molar-refractivity contribution in [3.05, 3.63) is 53.7 Å². The lowest BCUT2D eigenvalue weighted by atomic mass is 10.1. The van der Waals surface area contributed by atoms with Crippen LogP contribution in [0.3, 0.4) is 0 Å². The molecule has 6 nitrogen and oxygen atoms in total. The fraction of sp³-hybridized carbons (Fsp3) is 0.400. The number of anilines is 1. The summed E-state index contributed by atoms with van der Waals surface area (Å²) in [6.45, 7) is 3.46. The minimum Gasteiger partial charge on any atom is -0.480 e. The zero-order valence-electron chi connectivity index (χ0n) is 15.0. The second kappa shape index (κ2) is 8.65. The first-order chi connectivity index (χ1) is 12.8. The van der Waals surface area contributed by atoms with Gasteiger partial charge in [-0.2, -0.15) is 5.26 Å². The molecule has 0 spiro atoms. The van der Waals surface area contributed by atoms with Crippen molar-refractivity contribution in [3.8, 4) is 11.9 Å². The molecule has 2 aromatic rings.